The fourth-order valence-corrected chi connectivity index (χ4v) is 2.83. The van der Waals surface area contributed by atoms with E-state index in [1.165, 1.54) is 19.3 Å². The molecule has 1 aliphatic carbocycles. The average molecular weight is 255 g/mol. The zero-order valence-electron chi connectivity index (χ0n) is 12.5. The zero-order valence-corrected chi connectivity index (χ0v) is 12.5. The first-order valence-corrected chi connectivity index (χ1v) is 7.05. The number of nitrogens with two attached hydrogens (primary N) is 1. The summed E-state index contributed by atoms with van der Waals surface area (Å²) in [6.45, 7) is 4.00. The maximum Gasteiger partial charge on any atom is 0.239 e. The van der Waals surface area contributed by atoms with Crippen LogP contribution in [0.25, 0.3) is 0 Å². The molecule has 0 aromatic heterocycles. The van der Waals surface area contributed by atoms with Gasteiger partial charge in [-0.3, -0.25) is 4.79 Å². The summed E-state index contributed by atoms with van der Waals surface area (Å²) in [6, 6.07) is 0.401. The molecule has 1 rings (SSSR count). The monoisotopic (exact) mass is 255 g/mol. The number of nitrogens with zero attached hydrogens (tertiary/aromatic N) is 2. The number of carbonyl (C=O) groups is 1. The van der Waals surface area contributed by atoms with Crippen molar-refractivity contribution in [2.75, 3.05) is 21.1 Å². The van der Waals surface area contributed by atoms with Gasteiger partial charge in [0.1, 0.15) is 0 Å². The second kappa shape index (κ2) is 6.53. The van der Waals surface area contributed by atoms with Gasteiger partial charge in [0.05, 0.1) is 6.04 Å². The van der Waals surface area contributed by atoms with E-state index < -0.39 is 0 Å². The highest BCUT2D eigenvalue weighted by Gasteiger charge is 2.34. The Bertz CT molecular complexity index is 278. The number of amides is 1. The van der Waals surface area contributed by atoms with E-state index in [-0.39, 0.29) is 17.9 Å². The molecule has 1 saturated carbocycles. The lowest BCUT2D eigenvalue weighted by atomic mass is 9.88. The van der Waals surface area contributed by atoms with Gasteiger partial charge < -0.3 is 15.5 Å². The van der Waals surface area contributed by atoms with Crippen LogP contribution in [0.4, 0.5) is 0 Å². The van der Waals surface area contributed by atoms with Crippen molar-refractivity contribution in [3.63, 3.8) is 0 Å². The Hall–Kier alpha value is -0.610. The van der Waals surface area contributed by atoms with Crippen LogP contribution in [0.2, 0.25) is 0 Å². The molecule has 0 unspecified atom stereocenters. The van der Waals surface area contributed by atoms with Crippen molar-refractivity contribution in [2.24, 2.45) is 11.7 Å². The van der Waals surface area contributed by atoms with Crippen molar-refractivity contribution in [1.29, 1.82) is 0 Å². The van der Waals surface area contributed by atoms with Crippen LogP contribution in [0.15, 0.2) is 0 Å². The smallest absolute Gasteiger partial charge is 0.239 e. The van der Waals surface area contributed by atoms with Gasteiger partial charge in [0.2, 0.25) is 5.91 Å². The zero-order chi connectivity index (χ0) is 13.9. The van der Waals surface area contributed by atoms with E-state index in [1.54, 1.807) is 0 Å². The number of carbonyl (C=O) groups excluding carboxylic acids is 1. The average Bonchev–Trinajstić information content (AvgIpc) is 2.35. The van der Waals surface area contributed by atoms with Gasteiger partial charge in [-0.2, -0.15) is 0 Å². The second-order valence-corrected chi connectivity index (χ2v) is 6.10. The highest BCUT2D eigenvalue weighted by molar-refractivity contribution is 5.82. The van der Waals surface area contributed by atoms with Crippen LogP contribution in [0.5, 0.6) is 0 Å². The summed E-state index contributed by atoms with van der Waals surface area (Å²) in [5.41, 5.74) is 5.98. The summed E-state index contributed by atoms with van der Waals surface area (Å²) in [4.78, 5) is 16.5. The van der Waals surface area contributed by atoms with E-state index in [4.69, 9.17) is 5.73 Å². The Kier molecular flexibility index (Phi) is 5.60. The molecule has 1 fully saturated rings. The van der Waals surface area contributed by atoms with Crippen LogP contribution in [-0.2, 0) is 4.79 Å². The molecule has 106 valence electrons. The highest BCUT2D eigenvalue weighted by atomic mass is 16.2. The number of hydrogen-bond acceptors (Lipinski definition) is 3. The molecule has 0 radical (unpaired) electrons. The Balaban J connectivity index is 2.74. The van der Waals surface area contributed by atoms with Gasteiger partial charge in [0.25, 0.3) is 0 Å². The molecule has 2 N–H and O–H groups in total. The predicted molar refractivity (Wildman–Crippen MR) is 75.3 cm³/mol. The lowest BCUT2D eigenvalue weighted by Gasteiger charge is -2.42. The minimum atomic E-state index is -0.375. The molecule has 0 spiro atoms. The first kappa shape index (κ1) is 15.4. The molecule has 4 nitrogen and oxygen atoms in total. The molecule has 1 aliphatic rings. The molecule has 0 saturated heterocycles. The normalized spacial score (nSPS) is 26.4. The molecule has 0 aliphatic heterocycles. The summed E-state index contributed by atoms with van der Waals surface area (Å²) in [6.07, 6.45) is 4.74. The SMILES string of the molecule is CC(C)[C@H](N)C(=O)N(C)[C@@H]1CCCC[C@@H]1N(C)C. The molecule has 0 heterocycles. The Morgan fingerprint density at radius 1 is 1.11 bits per heavy atom. The van der Waals surface area contributed by atoms with Gasteiger partial charge in [-0.15, -0.1) is 0 Å². The van der Waals surface area contributed by atoms with E-state index in [0.717, 1.165) is 6.42 Å². The van der Waals surface area contributed by atoms with E-state index in [0.29, 0.717) is 12.1 Å². The number of rotatable bonds is 4. The van der Waals surface area contributed by atoms with Gasteiger partial charge in [-0.1, -0.05) is 26.7 Å². The molecule has 4 heteroatoms. The lowest BCUT2D eigenvalue weighted by molar-refractivity contribution is -0.136. The third-order valence-corrected chi connectivity index (χ3v) is 4.21. The quantitative estimate of drug-likeness (QED) is 0.824. The number of hydrogen-bond donors (Lipinski definition) is 1. The summed E-state index contributed by atoms with van der Waals surface area (Å²) in [5.74, 6) is 0.282. The first-order chi connectivity index (χ1) is 8.36. The molecule has 1 amide bonds. The van der Waals surface area contributed by atoms with E-state index in [1.807, 2.05) is 25.8 Å². The summed E-state index contributed by atoms with van der Waals surface area (Å²) in [7, 11) is 6.12. The summed E-state index contributed by atoms with van der Waals surface area (Å²) in [5, 5.41) is 0. The van der Waals surface area contributed by atoms with E-state index in [9.17, 15) is 4.79 Å². The molecular formula is C14H29N3O. The van der Waals surface area contributed by atoms with E-state index in [2.05, 4.69) is 19.0 Å². The van der Waals surface area contributed by atoms with Crippen LogP contribution in [-0.4, -0.2) is 55.0 Å². The fraction of sp³-hybridized carbons (Fsp3) is 0.929. The molecule has 0 bridgehead atoms. The van der Waals surface area contributed by atoms with Crippen molar-refractivity contribution < 1.29 is 4.79 Å². The molecule has 0 aromatic rings. The Morgan fingerprint density at radius 2 is 1.61 bits per heavy atom. The topological polar surface area (TPSA) is 49.6 Å². The minimum Gasteiger partial charge on any atom is -0.340 e. The Morgan fingerprint density at radius 3 is 2.06 bits per heavy atom. The maximum atomic E-state index is 12.3. The minimum absolute atomic E-state index is 0.0868. The van der Waals surface area contributed by atoms with Gasteiger partial charge in [0.15, 0.2) is 0 Å². The third-order valence-electron chi connectivity index (χ3n) is 4.21. The molecule has 18 heavy (non-hydrogen) atoms. The van der Waals surface area contributed by atoms with Gasteiger partial charge in [-0.25, -0.2) is 0 Å². The van der Waals surface area contributed by atoms with E-state index >= 15 is 0 Å². The largest absolute Gasteiger partial charge is 0.340 e. The van der Waals surface area contributed by atoms with Crippen molar-refractivity contribution in [3.05, 3.63) is 0 Å². The van der Waals surface area contributed by atoms with Gasteiger partial charge in [-0.05, 0) is 32.9 Å². The molecular weight excluding hydrogens is 226 g/mol. The first-order valence-electron chi connectivity index (χ1n) is 7.05. The van der Waals surface area contributed by atoms with Crippen LogP contribution in [0, 0.1) is 5.92 Å². The molecule has 0 aromatic carbocycles. The van der Waals surface area contributed by atoms with Crippen molar-refractivity contribution >= 4 is 5.91 Å². The van der Waals surface area contributed by atoms with Crippen molar-refractivity contribution in [1.82, 2.24) is 9.80 Å². The highest BCUT2D eigenvalue weighted by Crippen LogP contribution is 2.26. The Labute approximate surface area is 111 Å². The van der Waals surface area contributed by atoms with Gasteiger partial charge in [0, 0.05) is 19.1 Å². The third kappa shape index (κ3) is 3.45. The summed E-state index contributed by atoms with van der Waals surface area (Å²) >= 11 is 0. The fourth-order valence-electron chi connectivity index (χ4n) is 2.83. The van der Waals surface area contributed by atoms with Gasteiger partial charge >= 0.3 is 0 Å². The number of likely N-dealkylation sites (N-methyl/N-ethyl adjacent to an activating group) is 2. The van der Waals surface area contributed by atoms with Crippen LogP contribution in [0.1, 0.15) is 39.5 Å². The van der Waals surface area contributed by atoms with Crippen molar-refractivity contribution in [3.8, 4) is 0 Å². The van der Waals surface area contributed by atoms with Crippen LogP contribution in [0.3, 0.4) is 0 Å². The summed E-state index contributed by atoms with van der Waals surface area (Å²) < 4.78 is 0. The van der Waals surface area contributed by atoms with Crippen LogP contribution < -0.4 is 5.73 Å². The second-order valence-electron chi connectivity index (χ2n) is 6.10. The standard InChI is InChI=1S/C14H29N3O/c1-10(2)13(15)14(18)17(5)12-9-7-6-8-11(12)16(3)4/h10-13H,6-9,15H2,1-5H3/t11-,12+,13-/m0/s1. The maximum absolute atomic E-state index is 12.3. The molecule has 3 atom stereocenters. The predicted octanol–water partition coefficient (Wildman–Crippen LogP) is 1.30. The van der Waals surface area contributed by atoms with Crippen LogP contribution >= 0.6 is 0 Å². The van der Waals surface area contributed by atoms with Crippen molar-refractivity contribution in [2.45, 2.75) is 57.7 Å². The lowest BCUT2D eigenvalue weighted by Crippen LogP contribution is -2.56.